The Kier molecular flexibility index (Phi) is 2.93. The monoisotopic (exact) mass is 294 g/mol. The molecule has 0 fully saturated rings. The maximum Gasteiger partial charge on any atom is 0.166 e. The molecule has 4 nitrogen and oxygen atoms in total. The van der Waals surface area contributed by atoms with Crippen molar-refractivity contribution in [3.8, 4) is 0 Å². The van der Waals surface area contributed by atoms with Crippen LogP contribution in [0.5, 0.6) is 0 Å². The number of aryl methyl sites for hydroxylation is 1. The van der Waals surface area contributed by atoms with Crippen LogP contribution in [-0.2, 0) is 12.8 Å². The van der Waals surface area contributed by atoms with Crippen LogP contribution >= 0.6 is 11.8 Å². The average Bonchev–Trinajstić information content (AvgIpc) is 3.07. The number of benzene rings is 2. The van der Waals surface area contributed by atoms with Crippen LogP contribution in [0, 0.1) is 0 Å². The van der Waals surface area contributed by atoms with Gasteiger partial charge in [0.1, 0.15) is 5.82 Å². The molecule has 4 rings (SSSR count). The van der Waals surface area contributed by atoms with E-state index in [9.17, 15) is 0 Å². The van der Waals surface area contributed by atoms with E-state index in [0.29, 0.717) is 0 Å². The van der Waals surface area contributed by atoms with Crippen molar-refractivity contribution in [2.24, 2.45) is 7.05 Å². The summed E-state index contributed by atoms with van der Waals surface area (Å²) in [5.41, 5.74) is 4.29. The largest absolute Gasteiger partial charge is 0.333 e. The molecule has 0 bridgehead atoms. The van der Waals surface area contributed by atoms with Gasteiger partial charge in [-0.25, -0.2) is 9.97 Å². The fourth-order valence-electron chi connectivity index (χ4n) is 2.46. The second-order valence-corrected chi connectivity index (χ2v) is 5.89. The first-order valence-corrected chi connectivity index (χ1v) is 7.78. The summed E-state index contributed by atoms with van der Waals surface area (Å²) in [6, 6.07) is 16.3. The molecule has 0 aliphatic carbocycles. The van der Waals surface area contributed by atoms with E-state index in [1.54, 1.807) is 11.8 Å². The van der Waals surface area contributed by atoms with E-state index < -0.39 is 0 Å². The van der Waals surface area contributed by atoms with Gasteiger partial charge in [0.2, 0.25) is 0 Å². The molecule has 0 atom stereocenters. The van der Waals surface area contributed by atoms with Gasteiger partial charge in [-0.3, -0.25) is 0 Å². The van der Waals surface area contributed by atoms with Crippen LogP contribution in [0.4, 0.5) is 0 Å². The number of rotatable bonds is 3. The van der Waals surface area contributed by atoms with Gasteiger partial charge in [-0.05, 0) is 24.3 Å². The minimum atomic E-state index is 0.797. The Labute approximate surface area is 126 Å². The van der Waals surface area contributed by atoms with E-state index in [1.807, 2.05) is 42.5 Å². The molecule has 0 aliphatic rings. The van der Waals surface area contributed by atoms with Gasteiger partial charge in [-0.1, -0.05) is 36.0 Å². The molecule has 1 N–H and O–H groups in total. The van der Waals surface area contributed by atoms with Crippen LogP contribution in [0.3, 0.4) is 0 Å². The molecule has 2 aromatic heterocycles. The summed E-state index contributed by atoms with van der Waals surface area (Å²) in [6.45, 7) is 0. The number of hydrogen-bond acceptors (Lipinski definition) is 3. The van der Waals surface area contributed by atoms with Crippen molar-refractivity contribution in [2.45, 2.75) is 10.9 Å². The van der Waals surface area contributed by atoms with Crippen molar-refractivity contribution in [2.75, 3.05) is 0 Å². The fourth-order valence-corrected chi connectivity index (χ4v) is 3.32. The van der Waals surface area contributed by atoms with E-state index in [1.165, 1.54) is 0 Å². The minimum absolute atomic E-state index is 0.797. The van der Waals surface area contributed by atoms with E-state index in [-0.39, 0.29) is 0 Å². The van der Waals surface area contributed by atoms with Crippen LogP contribution < -0.4 is 0 Å². The molecule has 2 aromatic carbocycles. The summed E-state index contributed by atoms with van der Waals surface area (Å²) in [5.74, 6) is 1.85. The van der Waals surface area contributed by atoms with Crippen molar-refractivity contribution >= 4 is 33.8 Å². The highest BCUT2D eigenvalue weighted by atomic mass is 32.2. The lowest BCUT2D eigenvalue weighted by atomic mass is 10.3. The molecule has 0 spiro atoms. The molecule has 0 amide bonds. The van der Waals surface area contributed by atoms with Crippen molar-refractivity contribution in [1.82, 2.24) is 19.5 Å². The zero-order valence-electron chi connectivity index (χ0n) is 11.6. The van der Waals surface area contributed by atoms with Crippen molar-refractivity contribution in [1.29, 1.82) is 0 Å². The molecule has 104 valence electrons. The van der Waals surface area contributed by atoms with Crippen LogP contribution in [0.2, 0.25) is 0 Å². The quantitative estimate of drug-likeness (QED) is 0.585. The number of aromatic nitrogens is 4. The molecule has 21 heavy (non-hydrogen) atoms. The second-order valence-electron chi connectivity index (χ2n) is 4.92. The smallest absolute Gasteiger partial charge is 0.166 e. The van der Waals surface area contributed by atoms with Gasteiger partial charge in [0.25, 0.3) is 0 Å². The van der Waals surface area contributed by atoms with Crippen LogP contribution in [0.15, 0.2) is 53.7 Å². The Balaban J connectivity index is 1.61. The number of nitrogens with one attached hydrogen (secondary N) is 1. The van der Waals surface area contributed by atoms with E-state index in [0.717, 1.165) is 38.8 Å². The van der Waals surface area contributed by atoms with Crippen molar-refractivity contribution in [3.05, 3.63) is 54.4 Å². The number of para-hydroxylation sites is 4. The number of thioether (sulfide) groups is 1. The molecule has 0 saturated heterocycles. The molecule has 2 heterocycles. The first-order valence-electron chi connectivity index (χ1n) is 6.79. The first-order chi connectivity index (χ1) is 10.3. The molecule has 0 unspecified atom stereocenters. The Hall–Kier alpha value is -2.27. The molecular formula is C16H14N4S. The molecule has 0 aliphatic heterocycles. The minimum Gasteiger partial charge on any atom is -0.333 e. The third-order valence-corrected chi connectivity index (χ3v) is 4.45. The average molecular weight is 294 g/mol. The highest BCUT2D eigenvalue weighted by molar-refractivity contribution is 7.98. The number of fused-ring (bicyclic) bond motifs is 2. The summed E-state index contributed by atoms with van der Waals surface area (Å²) in [4.78, 5) is 12.6. The van der Waals surface area contributed by atoms with Gasteiger partial charge in [0.15, 0.2) is 5.16 Å². The predicted molar refractivity (Wildman–Crippen MR) is 86.4 cm³/mol. The van der Waals surface area contributed by atoms with Gasteiger partial charge >= 0.3 is 0 Å². The van der Waals surface area contributed by atoms with Crippen LogP contribution in [0.25, 0.3) is 22.1 Å². The lowest BCUT2D eigenvalue weighted by Crippen LogP contribution is -1.95. The number of nitrogens with zero attached hydrogens (tertiary/aromatic N) is 3. The number of imidazole rings is 2. The normalized spacial score (nSPS) is 11.5. The summed E-state index contributed by atoms with van der Waals surface area (Å²) in [7, 11) is 2.06. The van der Waals surface area contributed by atoms with Gasteiger partial charge < -0.3 is 9.55 Å². The summed E-state index contributed by atoms with van der Waals surface area (Å²) in [6.07, 6.45) is 0. The van der Waals surface area contributed by atoms with Gasteiger partial charge in [-0.15, -0.1) is 0 Å². The second kappa shape index (κ2) is 4.93. The molecular weight excluding hydrogens is 280 g/mol. The van der Waals surface area contributed by atoms with E-state index in [2.05, 4.69) is 32.6 Å². The molecule has 4 aromatic rings. The third-order valence-electron chi connectivity index (χ3n) is 3.59. The molecule has 0 radical (unpaired) electrons. The number of aromatic amines is 1. The lowest BCUT2D eigenvalue weighted by Gasteiger charge is -2.00. The SMILES string of the molecule is Cn1c(CSc2nc3ccccc3[nH]2)nc2ccccc21. The molecule has 5 heteroatoms. The highest BCUT2D eigenvalue weighted by Crippen LogP contribution is 2.24. The fraction of sp³-hybridized carbons (Fsp3) is 0.125. The van der Waals surface area contributed by atoms with Gasteiger partial charge in [0, 0.05) is 7.05 Å². The van der Waals surface area contributed by atoms with Crippen molar-refractivity contribution in [3.63, 3.8) is 0 Å². The van der Waals surface area contributed by atoms with E-state index >= 15 is 0 Å². The van der Waals surface area contributed by atoms with Gasteiger partial charge in [-0.2, -0.15) is 0 Å². The lowest BCUT2D eigenvalue weighted by molar-refractivity contribution is 0.874. The Morgan fingerprint density at radius 3 is 2.57 bits per heavy atom. The summed E-state index contributed by atoms with van der Waals surface area (Å²) >= 11 is 1.68. The van der Waals surface area contributed by atoms with Crippen LogP contribution in [-0.4, -0.2) is 19.5 Å². The standard InChI is InChI=1S/C16H14N4S/c1-20-14-9-5-4-8-13(14)17-15(20)10-21-16-18-11-6-2-3-7-12(11)19-16/h2-9H,10H2,1H3,(H,18,19). The Morgan fingerprint density at radius 2 is 1.76 bits per heavy atom. The third kappa shape index (κ3) is 2.19. The molecule has 0 saturated carbocycles. The van der Waals surface area contributed by atoms with Gasteiger partial charge in [0.05, 0.1) is 27.8 Å². The topological polar surface area (TPSA) is 46.5 Å². The Bertz CT molecular complexity index is 889. The van der Waals surface area contributed by atoms with Crippen LogP contribution in [0.1, 0.15) is 5.82 Å². The highest BCUT2D eigenvalue weighted by Gasteiger charge is 2.09. The predicted octanol–water partition coefficient (Wildman–Crippen LogP) is 3.74. The number of H-pyrrole nitrogens is 1. The summed E-state index contributed by atoms with van der Waals surface area (Å²) in [5, 5.41) is 0.934. The zero-order chi connectivity index (χ0) is 14.2. The summed E-state index contributed by atoms with van der Waals surface area (Å²) < 4.78 is 2.14. The number of hydrogen-bond donors (Lipinski definition) is 1. The first kappa shape index (κ1) is 12.5. The maximum atomic E-state index is 4.68. The van der Waals surface area contributed by atoms with E-state index in [4.69, 9.17) is 0 Å². The van der Waals surface area contributed by atoms with Crippen molar-refractivity contribution < 1.29 is 0 Å². The maximum absolute atomic E-state index is 4.68. The zero-order valence-corrected chi connectivity index (χ0v) is 12.4. The Morgan fingerprint density at radius 1 is 1.00 bits per heavy atom.